The lowest BCUT2D eigenvalue weighted by Gasteiger charge is -2.43. The van der Waals surface area contributed by atoms with Gasteiger partial charge in [0.1, 0.15) is 6.61 Å². The summed E-state index contributed by atoms with van der Waals surface area (Å²) in [5.74, 6) is 0. The first kappa shape index (κ1) is 18.3. The molecule has 0 saturated carbocycles. The van der Waals surface area contributed by atoms with Gasteiger partial charge in [0.25, 0.3) is 0 Å². The molecule has 0 aliphatic carbocycles. The number of benzene rings is 2. The number of hydrogen-bond acceptors (Lipinski definition) is 4. The summed E-state index contributed by atoms with van der Waals surface area (Å²) in [6.07, 6.45) is 2.97. The van der Waals surface area contributed by atoms with Crippen molar-refractivity contribution in [2.75, 3.05) is 13.2 Å². The first-order chi connectivity index (χ1) is 13.7. The predicted molar refractivity (Wildman–Crippen MR) is 105 cm³/mol. The Morgan fingerprint density at radius 3 is 2.61 bits per heavy atom. The quantitative estimate of drug-likeness (QED) is 0.813. The lowest BCUT2D eigenvalue weighted by molar-refractivity contribution is -0.0342. The van der Waals surface area contributed by atoms with Gasteiger partial charge < -0.3 is 9.47 Å². The maximum absolute atomic E-state index is 12.7. The first-order valence-electron chi connectivity index (χ1n) is 9.48. The third kappa shape index (κ3) is 3.92. The van der Waals surface area contributed by atoms with Crippen molar-refractivity contribution in [2.24, 2.45) is 0 Å². The van der Waals surface area contributed by atoms with Crippen LogP contribution in [-0.2, 0) is 22.5 Å². The van der Waals surface area contributed by atoms with Crippen LogP contribution in [0.2, 0.25) is 0 Å². The average Bonchev–Trinajstić information content (AvgIpc) is 2.72. The van der Waals surface area contributed by atoms with Crippen LogP contribution in [0.15, 0.2) is 60.7 Å². The van der Waals surface area contributed by atoms with Crippen molar-refractivity contribution in [1.29, 1.82) is 5.26 Å². The number of carbonyl (C=O) groups excluding carboxylic acids is 1. The molecule has 1 saturated heterocycles. The van der Waals surface area contributed by atoms with Crippen LogP contribution >= 0.6 is 0 Å². The molecular formula is C23H22N2O3. The van der Waals surface area contributed by atoms with Gasteiger partial charge in [-0.05, 0) is 28.7 Å². The molecule has 5 heteroatoms. The fourth-order valence-electron chi connectivity index (χ4n) is 3.82. The van der Waals surface area contributed by atoms with Crippen molar-refractivity contribution in [3.8, 4) is 6.07 Å². The Kier molecular flexibility index (Phi) is 5.41. The van der Waals surface area contributed by atoms with E-state index in [4.69, 9.17) is 14.7 Å². The van der Waals surface area contributed by atoms with Crippen LogP contribution < -0.4 is 0 Å². The number of ether oxygens (including phenoxy) is 2. The topological polar surface area (TPSA) is 62.6 Å². The maximum atomic E-state index is 12.7. The van der Waals surface area contributed by atoms with Gasteiger partial charge in [-0.3, -0.25) is 4.90 Å². The molecule has 4 rings (SSSR count). The molecule has 2 aliphatic heterocycles. The lowest BCUT2D eigenvalue weighted by Crippen LogP contribution is -2.56. The lowest BCUT2D eigenvalue weighted by atomic mass is 9.89. The Bertz CT molecular complexity index is 900. The smallest absolute Gasteiger partial charge is 0.411 e. The average molecular weight is 374 g/mol. The first-order valence-corrected chi connectivity index (χ1v) is 9.48. The molecule has 2 heterocycles. The van der Waals surface area contributed by atoms with Gasteiger partial charge >= 0.3 is 6.09 Å². The zero-order valence-corrected chi connectivity index (χ0v) is 15.6. The van der Waals surface area contributed by atoms with E-state index in [0.717, 1.165) is 23.1 Å². The zero-order valence-electron chi connectivity index (χ0n) is 15.6. The molecule has 0 aromatic heterocycles. The Morgan fingerprint density at radius 1 is 1.11 bits per heavy atom. The van der Waals surface area contributed by atoms with Crippen molar-refractivity contribution >= 4 is 11.7 Å². The van der Waals surface area contributed by atoms with Gasteiger partial charge in [-0.25, -0.2) is 4.79 Å². The van der Waals surface area contributed by atoms with Gasteiger partial charge in [-0.2, -0.15) is 5.26 Å². The van der Waals surface area contributed by atoms with Gasteiger partial charge in [0.15, 0.2) is 0 Å². The van der Waals surface area contributed by atoms with E-state index in [9.17, 15) is 4.79 Å². The van der Waals surface area contributed by atoms with Gasteiger partial charge in [0, 0.05) is 0 Å². The number of morpholine rings is 1. The van der Waals surface area contributed by atoms with Crippen LogP contribution in [0.25, 0.3) is 5.57 Å². The Hall–Kier alpha value is -3.10. The summed E-state index contributed by atoms with van der Waals surface area (Å²) < 4.78 is 11.2. The van der Waals surface area contributed by atoms with Gasteiger partial charge in [0.2, 0.25) is 0 Å². The van der Waals surface area contributed by atoms with E-state index in [1.165, 1.54) is 5.57 Å². The summed E-state index contributed by atoms with van der Waals surface area (Å²) in [4.78, 5) is 14.6. The molecule has 2 unspecified atom stereocenters. The molecule has 2 atom stereocenters. The third-order valence-electron chi connectivity index (χ3n) is 5.22. The van der Waals surface area contributed by atoms with Crippen molar-refractivity contribution < 1.29 is 14.3 Å². The summed E-state index contributed by atoms with van der Waals surface area (Å²) in [6, 6.07) is 19.8. The summed E-state index contributed by atoms with van der Waals surface area (Å²) in [5, 5.41) is 8.82. The molecule has 0 radical (unpaired) electrons. The molecule has 2 aliphatic rings. The molecule has 2 bridgehead atoms. The van der Waals surface area contributed by atoms with Crippen molar-refractivity contribution in [1.82, 2.24) is 4.90 Å². The third-order valence-corrected chi connectivity index (χ3v) is 5.22. The van der Waals surface area contributed by atoms with Crippen molar-refractivity contribution in [3.63, 3.8) is 0 Å². The monoisotopic (exact) mass is 374 g/mol. The Morgan fingerprint density at radius 2 is 1.89 bits per heavy atom. The molecule has 28 heavy (non-hydrogen) atoms. The Labute approximate surface area is 164 Å². The Balaban J connectivity index is 1.47. The zero-order chi connectivity index (χ0) is 19.3. The number of hydrogen-bond donors (Lipinski definition) is 0. The molecule has 0 N–H and O–H groups in total. The van der Waals surface area contributed by atoms with Gasteiger partial charge in [-0.15, -0.1) is 0 Å². The molecule has 5 nitrogen and oxygen atoms in total. The van der Waals surface area contributed by atoms with Crippen LogP contribution in [0.3, 0.4) is 0 Å². The maximum Gasteiger partial charge on any atom is 0.411 e. The van der Waals surface area contributed by atoms with Gasteiger partial charge in [-0.1, -0.05) is 60.7 Å². The van der Waals surface area contributed by atoms with E-state index in [0.29, 0.717) is 19.6 Å². The van der Waals surface area contributed by atoms with Crippen LogP contribution in [0.4, 0.5) is 4.79 Å². The minimum atomic E-state index is -0.290. The SMILES string of the molecule is N#CCc1ccc(C2=CC3COCC(C2)N3C(=O)OCc2ccccc2)cc1. The second-order valence-corrected chi connectivity index (χ2v) is 7.13. The minimum absolute atomic E-state index is 0.0270. The second kappa shape index (κ2) is 8.28. The number of rotatable bonds is 4. The highest BCUT2D eigenvalue weighted by Gasteiger charge is 2.39. The highest BCUT2D eigenvalue weighted by atomic mass is 16.6. The fraction of sp³-hybridized carbons (Fsp3) is 0.304. The molecule has 0 spiro atoms. The summed E-state index contributed by atoms with van der Waals surface area (Å²) >= 11 is 0. The minimum Gasteiger partial charge on any atom is -0.445 e. The largest absolute Gasteiger partial charge is 0.445 e. The molecule has 1 fully saturated rings. The standard InChI is InChI=1S/C23H22N2O3/c24-11-10-17-6-8-19(9-7-17)20-12-21-15-27-16-22(13-20)25(21)23(26)28-14-18-4-2-1-3-5-18/h1-9,12,21-22H,10,13-16H2. The van der Waals surface area contributed by atoms with E-state index >= 15 is 0 Å². The highest BCUT2D eigenvalue weighted by molar-refractivity contribution is 5.74. The fourth-order valence-corrected chi connectivity index (χ4v) is 3.82. The molecule has 2 aromatic rings. The number of carbonyl (C=O) groups is 1. The number of amides is 1. The highest BCUT2D eigenvalue weighted by Crippen LogP contribution is 2.33. The normalized spacial score (nSPS) is 20.8. The van der Waals surface area contributed by atoms with E-state index in [1.54, 1.807) is 0 Å². The summed E-state index contributed by atoms with van der Waals surface area (Å²) in [7, 11) is 0. The molecule has 142 valence electrons. The van der Waals surface area contributed by atoms with Gasteiger partial charge in [0.05, 0.1) is 37.8 Å². The molecule has 1 amide bonds. The molecular weight excluding hydrogens is 352 g/mol. The van der Waals surface area contributed by atoms with Crippen molar-refractivity contribution in [2.45, 2.75) is 31.5 Å². The van der Waals surface area contributed by atoms with Crippen molar-refractivity contribution in [3.05, 3.63) is 77.4 Å². The second-order valence-electron chi connectivity index (χ2n) is 7.13. The van der Waals surface area contributed by atoms with Crippen LogP contribution in [0.1, 0.15) is 23.1 Å². The number of fused-ring (bicyclic) bond motifs is 2. The number of nitrogens with zero attached hydrogens (tertiary/aromatic N) is 2. The molecule has 2 aromatic carbocycles. The van der Waals surface area contributed by atoms with Crippen LogP contribution in [0.5, 0.6) is 0 Å². The van der Waals surface area contributed by atoms with E-state index in [2.05, 4.69) is 24.3 Å². The predicted octanol–water partition coefficient (Wildman–Crippen LogP) is 3.95. The van der Waals surface area contributed by atoms with Crippen LogP contribution in [0, 0.1) is 11.3 Å². The summed E-state index contributed by atoms with van der Waals surface area (Å²) in [6.45, 7) is 1.27. The summed E-state index contributed by atoms with van der Waals surface area (Å²) in [5.41, 5.74) is 4.34. The van der Waals surface area contributed by atoms with E-state index in [-0.39, 0.29) is 24.8 Å². The van der Waals surface area contributed by atoms with E-state index in [1.807, 2.05) is 47.4 Å². The number of nitriles is 1. The van der Waals surface area contributed by atoms with E-state index < -0.39 is 0 Å². The van der Waals surface area contributed by atoms with Crippen LogP contribution in [-0.4, -0.2) is 36.3 Å².